The van der Waals surface area contributed by atoms with Gasteiger partial charge in [-0.25, -0.2) is 4.39 Å². The van der Waals surface area contributed by atoms with Gasteiger partial charge in [-0.1, -0.05) is 0 Å². The van der Waals surface area contributed by atoms with Crippen LogP contribution in [0.4, 0.5) is 15.8 Å². The first-order chi connectivity index (χ1) is 15.5. The monoisotopic (exact) mass is 436 g/mol. The van der Waals surface area contributed by atoms with Crippen molar-refractivity contribution >= 4 is 22.3 Å². The van der Waals surface area contributed by atoms with Crippen molar-refractivity contribution in [1.29, 1.82) is 0 Å². The minimum atomic E-state index is -0.190. The van der Waals surface area contributed by atoms with Crippen LogP contribution in [0.3, 0.4) is 0 Å². The fourth-order valence-electron chi connectivity index (χ4n) is 5.03. The molecule has 32 heavy (non-hydrogen) atoms. The van der Waals surface area contributed by atoms with Gasteiger partial charge < -0.3 is 19.9 Å². The molecule has 0 atom stereocenters. The summed E-state index contributed by atoms with van der Waals surface area (Å²) in [7, 11) is 1.68. The number of piperazine rings is 1. The van der Waals surface area contributed by atoms with Crippen molar-refractivity contribution in [3.63, 3.8) is 0 Å². The molecule has 0 radical (unpaired) electrons. The Balaban J connectivity index is 1.36. The quantitative estimate of drug-likeness (QED) is 0.654. The molecule has 3 aromatic rings. The Morgan fingerprint density at radius 2 is 1.94 bits per heavy atom. The molecule has 2 N–H and O–H groups in total. The largest absolute Gasteiger partial charge is 0.496 e. The number of ether oxygens (including phenoxy) is 1. The number of hydrogen-bond donors (Lipinski definition) is 2. The van der Waals surface area contributed by atoms with Crippen LogP contribution < -0.4 is 20.5 Å². The highest BCUT2D eigenvalue weighted by molar-refractivity contribution is 5.98. The number of pyridine rings is 1. The lowest BCUT2D eigenvalue weighted by atomic mass is 9.99. The number of H-pyrrole nitrogens is 1. The van der Waals surface area contributed by atoms with Gasteiger partial charge in [0.15, 0.2) is 0 Å². The molecule has 2 aliphatic heterocycles. The lowest BCUT2D eigenvalue weighted by Crippen LogP contribution is -2.46. The second-order valence-electron chi connectivity index (χ2n) is 8.75. The summed E-state index contributed by atoms with van der Waals surface area (Å²) in [6, 6.07) is 9.17. The number of aromatic amines is 1. The molecule has 6 nitrogen and oxygen atoms in total. The van der Waals surface area contributed by atoms with Gasteiger partial charge in [0.25, 0.3) is 5.56 Å². The first-order valence-corrected chi connectivity index (χ1v) is 11.3. The Morgan fingerprint density at radius 1 is 1.12 bits per heavy atom. The molecule has 1 saturated heterocycles. The van der Waals surface area contributed by atoms with Gasteiger partial charge in [-0.05, 0) is 61.2 Å². The van der Waals surface area contributed by atoms with Gasteiger partial charge in [-0.3, -0.25) is 9.69 Å². The predicted molar refractivity (Wildman–Crippen MR) is 127 cm³/mol. The SMILES string of the molecule is COc1cc(CN2CCN(c3ccc(F)cc3C)CC2)cc2[nH]c(=O)c3c(c12)NCCC3. The maximum absolute atomic E-state index is 13.4. The van der Waals surface area contributed by atoms with E-state index in [4.69, 9.17) is 4.74 Å². The minimum Gasteiger partial charge on any atom is -0.496 e. The number of rotatable bonds is 4. The van der Waals surface area contributed by atoms with Gasteiger partial charge in [0.2, 0.25) is 0 Å². The maximum Gasteiger partial charge on any atom is 0.253 e. The second kappa shape index (κ2) is 8.47. The molecule has 1 aromatic heterocycles. The van der Waals surface area contributed by atoms with Crippen LogP contribution in [0.2, 0.25) is 0 Å². The molecule has 5 rings (SSSR count). The molecule has 2 aliphatic rings. The van der Waals surface area contributed by atoms with Crippen molar-refractivity contribution in [1.82, 2.24) is 9.88 Å². The number of benzene rings is 2. The second-order valence-corrected chi connectivity index (χ2v) is 8.75. The van der Waals surface area contributed by atoms with Crippen molar-refractivity contribution in [2.75, 3.05) is 50.1 Å². The number of methoxy groups -OCH3 is 1. The fourth-order valence-corrected chi connectivity index (χ4v) is 5.03. The molecule has 1 fully saturated rings. The fraction of sp³-hybridized carbons (Fsp3) is 0.400. The molecule has 0 saturated carbocycles. The summed E-state index contributed by atoms with van der Waals surface area (Å²) in [6.45, 7) is 7.24. The van der Waals surface area contributed by atoms with E-state index in [1.807, 2.05) is 13.0 Å². The summed E-state index contributed by atoms with van der Waals surface area (Å²) < 4.78 is 19.2. The first kappa shape index (κ1) is 20.8. The third-order valence-corrected chi connectivity index (χ3v) is 6.64. The molecule has 0 amide bonds. The molecule has 0 spiro atoms. The number of aromatic nitrogens is 1. The number of anilines is 2. The summed E-state index contributed by atoms with van der Waals surface area (Å²) in [5.74, 6) is 0.601. The van der Waals surface area contributed by atoms with Crippen LogP contribution in [0.25, 0.3) is 10.9 Å². The average molecular weight is 437 g/mol. The molecule has 2 aromatic carbocycles. The Kier molecular flexibility index (Phi) is 5.51. The van der Waals surface area contributed by atoms with Crippen LogP contribution in [0, 0.1) is 12.7 Å². The average Bonchev–Trinajstić information content (AvgIpc) is 2.79. The van der Waals surface area contributed by atoms with Crippen LogP contribution in [-0.2, 0) is 13.0 Å². The smallest absolute Gasteiger partial charge is 0.253 e. The third kappa shape index (κ3) is 3.81. The summed E-state index contributed by atoms with van der Waals surface area (Å²) in [6.07, 6.45) is 1.75. The number of fused-ring (bicyclic) bond motifs is 3. The number of halogens is 1. The van der Waals surface area contributed by atoms with Gasteiger partial charge in [0, 0.05) is 50.5 Å². The van der Waals surface area contributed by atoms with E-state index in [0.717, 1.165) is 96.8 Å². The molecule has 0 bridgehead atoms. The van der Waals surface area contributed by atoms with Gasteiger partial charge in [0.05, 0.1) is 23.7 Å². The molecule has 168 valence electrons. The van der Waals surface area contributed by atoms with Gasteiger partial charge in [0.1, 0.15) is 11.6 Å². The van der Waals surface area contributed by atoms with E-state index < -0.39 is 0 Å². The normalized spacial score (nSPS) is 16.7. The lowest BCUT2D eigenvalue weighted by Gasteiger charge is -2.37. The summed E-state index contributed by atoms with van der Waals surface area (Å²) >= 11 is 0. The number of aryl methyl sites for hydroxylation is 1. The van der Waals surface area contributed by atoms with Gasteiger partial charge >= 0.3 is 0 Å². The van der Waals surface area contributed by atoms with E-state index in [9.17, 15) is 9.18 Å². The Labute approximate surface area is 187 Å². The molecule has 0 unspecified atom stereocenters. The first-order valence-electron chi connectivity index (χ1n) is 11.3. The summed E-state index contributed by atoms with van der Waals surface area (Å²) in [5.41, 5.74) is 5.74. The highest BCUT2D eigenvalue weighted by Gasteiger charge is 2.22. The molecule has 3 heterocycles. The summed E-state index contributed by atoms with van der Waals surface area (Å²) in [4.78, 5) is 20.4. The van der Waals surface area contributed by atoms with Crippen molar-refractivity contribution < 1.29 is 9.13 Å². The summed E-state index contributed by atoms with van der Waals surface area (Å²) in [5, 5.41) is 4.37. The Bertz CT molecular complexity index is 1210. The zero-order valence-electron chi connectivity index (χ0n) is 18.6. The number of hydrogen-bond acceptors (Lipinski definition) is 5. The van der Waals surface area contributed by atoms with Crippen LogP contribution in [0.1, 0.15) is 23.1 Å². The van der Waals surface area contributed by atoms with E-state index in [1.54, 1.807) is 13.2 Å². The topological polar surface area (TPSA) is 60.6 Å². The number of nitrogens with zero attached hydrogens (tertiary/aromatic N) is 2. The molecule has 7 heteroatoms. The lowest BCUT2D eigenvalue weighted by molar-refractivity contribution is 0.249. The van der Waals surface area contributed by atoms with E-state index in [2.05, 4.69) is 32.2 Å². The van der Waals surface area contributed by atoms with Gasteiger partial charge in [-0.15, -0.1) is 0 Å². The van der Waals surface area contributed by atoms with E-state index >= 15 is 0 Å². The predicted octanol–water partition coefficient (Wildman–Crippen LogP) is 3.66. The standard InChI is InChI=1S/C25H29FN4O2/c1-16-12-18(26)5-6-21(16)30-10-8-29(9-11-30)15-17-13-20-23(22(14-17)32-2)24-19(25(31)28-20)4-3-7-27-24/h5-6,12-14,27H,3-4,7-11,15H2,1-2H3,(H,28,31). The highest BCUT2D eigenvalue weighted by atomic mass is 19.1. The minimum absolute atomic E-state index is 0.0119. The van der Waals surface area contributed by atoms with Crippen molar-refractivity contribution in [3.05, 3.63) is 63.2 Å². The van der Waals surface area contributed by atoms with Crippen LogP contribution in [0.5, 0.6) is 5.75 Å². The zero-order valence-corrected chi connectivity index (χ0v) is 18.6. The molecule has 0 aliphatic carbocycles. The zero-order chi connectivity index (χ0) is 22.2. The Morgan fingerprint density at radius 3 is 2.69 bits per heavy atom. The third-order valence-electron chi connectivity index (χ3n) is 6.64. The van der Waals surface area contributed by atoms with Crippen LogP contribution in [-0.4, -0.2) is 49.7 Å². The van der Waals surface area contributed by atoms with E-state index in [-0.39, 0.29) is 11.4 Å². The van der Waals surface area contributed by atoms with Crippen molar-refractivity contribution in [2.45, 2.75) is 26.3 Å². The number of nitrogens with one attached hydrogen (secondary N) is 2. The van der Waals surface area contributed by atoms with Crippen LogP contribution in [0.15, 0.2) is 35.1 Å². The molecular weight excluding hydrogens is 407 g/mol. The van der Waals surface area contributed by atoms with E-state index in [1.165, 1.54) is 6.07 Å². The van der Waals surface area contributed by atoms with Crippen LogP contribution >= 0.6 is 0 Å². The van der Waals surface area contributed by atoms with Crippen molar-refractivity contribution in [3.8, 4) is 5.75 Å². The van der Waals surface area contributed by atoms with E-state index in [0.29, 0.717) is 0 Å². The maximum atomic E-state index is 13.4. The Hall–Kier alpha value is -3.06. The molecular formula is C25H29FN4O2. The highest BCUT2D eigenvalue weighted by Crippen LogP contribution is 2.36. The van der Waals surface area contributed by atoms with Crippen molar-refractivity contribution in [2.24, 2.45) is 0 Å². The van der Waals surface area contributed by atoms with Gasteiger partial charge in [-0.2, -0.15) is 0 Å².